The van der Waals surface area contributed by atoms with E-state index >= 15 is 0 Å². The van der Waals surface area contributed by atoms with Crippen LogP contribution in [-0.2, 0) is 4.79 Å². The van der Waals surface area contributed by atoms with Crippen molar-refractivity contribution in [3.8, 4) is 0 Å². The Balaban J connectivity index is 2.07. The molecule has 0 spiro atoms. The highest BCUT2D eigenvalue weighted by molar-refractivity contribution is 9.10. The number of rotatable bonds is 2. The third-order valence-electron chi connectivity index (χ3n) is 2.83. The molecule has 0 aromatic heterocycles. The van der Waals surface area contributed by atoms with Gasteiger partial charge in [0.25, 0.3) is 0 Å². The fourth-order valence-electron chi connectivity index (χ4n) is 1.63. The number of hydrogen-bond donors (Lipinski definition) is 1. The zero-order chi connectivity index (χ0) is 11.0. The van der Waals surface area contributed by atoms with E-state index in [9.17, 15) is 4.79 Å². The molecule has 2 rings (SSSR count). The monoisotopic (exact) mass is 267 g/mol. The summed E-state index contributed by atoms with van der Waals surface area (Å²) < 4.78 is 0.948. The first-order valence-electron chi connectivity index (χ1n) is 5.15. The highest BCUT2D eigenvalue weighted by atomic mass is 79.9. The molecule has 2 atom stereocenters. The molecule has 0 heterocycles. The smallest absolute Gasteiger partial charge is 0.227 e. The van der Waals surface area contributed by atoms with E-state index in [1.165, 1.54) is 5.56 Å². The molecule has 0 bridgehead atoms. The summed E-state index contributed by atoms with van der Waals surface area (Å²) in [5, 5.41) is 2.94. The van der Waals surface area contributed by atoms with Crippen molar-refractivity contribution in [3.05, 3.63) is 28.2 Å². The van der Waals surface area contributed by atoms with Crippen LogP contribution < -0.4 is 5.32 Å². The molecule has 0 radical (unpaired) electrons. The zero-order valence-electron chi connectivity index (χ0n) is 8.88. The normalized spacial score (nSPS) is 23.7. The van der Waals surface area contributed by atoms with Crippen LogP contribution in [0.3, 0.4) is 0 Å². The van der Waals surface area contributed by atoms with Gasteiger partial charge in [-0.2, -0.15) is 0 Å². The van der Waals surface area contributed by atoms with E-state index in [1.807, 2.05) is 25.1 Å². The fraction of sp³-hybridized carbons (Fsp3) is 0.417. The van der Waals surface area contributed by atoms with Gasteiger partial charge < -0.3 is 5.32 Å². The van der Waals surface area contributed by atoms with Crippen LogP contribution in [0, 0.1) is 18.8 Å². The molecule has 1 aromatic carbocycles. The number of carbonyl (C=O) groups excluding carboxylic acids is 1. The molecule has 80 valence electrons. The number of carbonyl (C=O) groups is 1. The Bertz CT molecular complexity index is 403. The number of hydrogen-bond acceptors (Lipinski definition) is 1. The lowest BCUT2D eigenvalue weighted by Gasteiger charge is -2.07. The standard InChI is InChI=1S/C12H14BrNO/c1-7-3-4-11(10(13)5-7)14-12(15)9-6-8(9)2/h3-5,8-9H,6H2,1-2H3,(H,14,15)/t8-,9+/m0/s1. The van der Waals surface area contributed by atoms with Crippen molar-refractivity contribution in [1.29, 1.82) is 0 Å². The summed E-state index contributed by atoms with van der Waals surface area (Å²) in [6.45, 7) is 4.13. The lowest BCUT2D eigenvalue weighted by molar-refractivity contribution is -0.117. The van der Waals surface area contributed by atoms with Gasteiger partial charge in [-0.1, -0.05) is 13.0 Å². The molecular weight excluding hydrogens is 254 g/mol. The van der Waals surface area contributed by atoms with Crippen LogP contribution >= 0.6 is 15.9 Å². The molecule has 1 saturated carbocycles. The summed E-state index contributed by atoms with van der Waals surface area (Å²) in [6, 6.07) is 5.94. The van der Waals surface area contributed by atoms with Gasteiger partial charge in [0.1, 0.15) is 0 Å². The van der Waals surface area contributed by atoms with E-state index in [0.717, 1.165) is 16.6 Å². The lowest BCUT2D eigenvalue weighted by Crippen LogP contribution is -2.14. The van der Waals surface area contributed by atoms with Gasteiger partial charge in [-0.15, -0.1) is 0 Å². The van der Waals surface area contributed by atoms with Gasteiger partial charge in [-0.05, 0) is 52.9 Å². The first-order valence-corrected chi connectivity index (χ1v) is 5.94. The molecular formula is C12H14BrNO. The average Bonchev–Trinajstić information content (AvgIpc) is 2.88. The van der Waals surface area contributed by atoms with Crippen molar-refractivity contribution >= 4 is 27.5 Å². The first-order chi connectivity index (χ1) is 7.08. The van der Waals surface area contributed by atoms with Crippen LogP contribution in [0.2, 0.25) is 0 Å². The second-order valence-electron chi connectivity index (χ2n) is 4.29. The van der Waals surface area contributed by atoms with Gasteiger partial charge in [0, 0.05) is 10.4 Å². The maximum atomic E-state index is 11.7. The van der Waals surface area contributed by atoms with Gasteiger partial charge in [0.05, 0.1) is 5.69 Å². The van der Waals surface area contributed by atoms with E-state index < -0.39 is 0 Å². The van der Waals surface area contributed by atoms with Gasteiger partial charge in [-0.25, -0.2) is 0 Å². The molecule has 1 aliphatic rings. The Labute approximate surface area is 98.2 Å². The zero-order valence-corrected chi connectivity index (χ0v) is 10.5. The SMILES string of the molecule is Cc1ccc(NC(=O)[C@@H]2C[C@@H]2C)c(Br)c1. The van der Waals surface area contributed by atoms with Gasteiger partial charge in [0.15, 0.2) is 0 Å². The summed E-state index contributed by atoms with van der Waals surface area (Å²) in [5.74, 6) is 0.916. The fourth-order valence-corrected chi connectivity index (χ4v) is 2.23. The summed E-state index contributed by atoms with van der Waals surface area (Å²) in [5.41, 5.74) is 2.05. The van der Waals surface area contributed by atoms with Gasteiger partial charge >= 0.3 is 0 Å². The van der Waals surface area contributed by atoms with E-state index in [1.54, 1.807) is 0 Å². The molecule has 1 amide bonds. The summed E-state index contributed by atoms with van der Waals surface area (Å²) in [4.78, 5) is 11.7. The third-order valence-corrected chi connectivity index (χ3v) is 3.48. The number of nitrogens with one attached hydrogen (secondary N) is 1. The first kappa shape index (κ1) is 10.7. The number of halogens is 1. The Morgan fingerprint density at radius 3 is 2.73 bits per heavy atom. The van der Waals surface area contributed by atoms with Gasteiger partial charge in [0.2, 0.25) is 5.91 Å². The maximum absolute atomic E-state index is 11.7. The van der Waals surface area contributed by atoms with Crippen LogP contribution in [0.25, 0.3) is 0 Å². The van der Waals surface area contributed by atoms with Crippen LogP contribution in [-0.4, -0.2) is 5.91 Å². The molecule has 1 fully saturated rings. The summed E-state index contributed by atoms with van der Waals surface area (Å²) >= 11 is 3.45. The minimum atomic E-state index is 0.145. The highest BCUT2D eigenvalue weighted by Crippen LogP contribution is 2.39. The Kier molecular flexibility index (Phi) is 2.83. The maximum Gasteiger partial charge on any atom is 0.227 e. The van der Waals surface area contributed by atoms with E-state index in [0.29, 0.717) is 5.92 Å². The molecule has 15 heavy (non-hydrogen) atoms. The lowest BCUT2D eigenvalue weighted by atomic mass is 10.2. The van der Waals surface area contributed by atoms with E-state index in [2.05, 4.69) is 28.2 Å². The average molecular weight is 268 g/mol. The summed E-state index contributed by atoms with van der Waals surface area (Å²) in [7, 11) is 0. The molecule has 1 aliphatic carbocycles. The Hall–Kier alpha value is -0.830. The van der Waals surface area contributed by atoms with Crippen LogP contribution in [0.4, 0.5) is 5.69 Å². The van der Waals surface area contributed by atoms with Crippen LogP contribution in [0.15, 0.2) is 22.7 Å². The number of anilines is 1. The highest BCUT2D eigenvalue weighted by Gasteiger charge is 2.39. The van der Waals surface area contributed by atoms with Crippen molar-refractivity contribution in [1.82, 2.24) is 0 Å². The van der Waals surface area contributed by atoms with Crippen LogP contribution in [0.1, 0.15) is 18.9 Å². The molecule has 3 heteroatoms. The van der Waals surface area contributed by atoms with Crippen molar-refractivity contribution in [2.75, 3.05) is 5.32 Å². The number of benzene rings is 1. The molecule has 1 N–H and O–H groups in total. The van der Waals surface area contributed by atoms with Gasteiger partial charge in [-0.3, -0.25) is 4.79 Å². The molecule has 2 nitrogen and oxygen atoms in total. The second-order valence-corrected chi connectivity index (χ2v) is 5.15. The third kappa shape index (κ3) is 2.40. The topological polar surface area (TPSA) is 29.1 Å². The Morgan fingerprint density at radius 2 is 2.20 bits per heavy atom. The number of amides is 1. The van der Waals surface area contributed by atoms with Crippen molar-refractivity contribution in [2.45, 2.75) is 20.3 Å². The molecule has 0 saturated heterocycles. The summed E-state index contributed by atoms with van der Waals surface area (Å²) in [6.07, 6.45) is 1.02. The minimum absolute atomic E-state index is 0.145. The second kappa shape index (κ2) is 3.97. The molecule has 0 unspecified atom stereocenters. The minimum Gasteiger partial charge on any atom is -0.325 e. The van der Waals surface area contributed by atoms with E-state index in [-0.39, 0.29) is 11.8 Å². The largest absolute Gasteiger partial charge is 0.325 e. The predicted octanol–water partition coefficient (Wildman–Crippen LogP) is 3.35. The van der Waals surface area contributed by atoms with Crippen LogP contribution in [0.5, 0.6) is 0 Å². The van der Waals surface area contributed by atoms with Crippen molar-refractivity contribution in [2.24, 2.45) is 11.8 Å². The quantitative estimate of drug-likeness (QED) is 0.875. The van der Waals surface area contributed by atoms with E-state index in [4.69, 9.17) is 0 Å². The molecule has 1 aromatic rings. The van der Waals surface area contributed by atoms with Crippen molar-refractivity contribution < 1.29 is 4.79 Å². The predicted molar refractivity (Wildman–Crippen MR) is 64.8 cm³/mol. The molecule has 0 aliphatic heterocycles. The van der Waals surface area contributed by atoms with Crippen molar-refractivity contribution in [3.63, 3.8) is 0 Å². The Morgan fingerprint density at radius 1 is 1.53 bits per heavy atom. The number of aryl methyl sites for hydroxylation is 1.